The summed E-state index contributed by atoms with van der Waals surface area (Å²) in [5.41, 5.74) is 2.17. The van der Waals surface area contributed by atoms with E-state index in [9.17, 15) is 0 Å². The number of imidazole rings is 1. The summed E-state index contributed by atoms with van der Waals surface area (Å²) in [7, 11) is 1.64. The van der Waals surface area contributed by atoms with Gasteiger partial charge in [-0.3, -0.25) is 0 Å². The van der Waals surface area contributed by atoms with Gasteiger partial charge < -0.3 is 9.30 Å². The number of pyridine rings is 1. The first kappa shape index (κ1) is 14.6. The summed E-state index contributed by atoms with van der Waals surface area (Å²) < 4.78 is 7.47. The molecule has 1 atom stereocenters. The molecule has 3 rings (SSSR count). The second-order valence-corrected chi connectivity index (χ2v) is 6.73. The Balaban J connectivity index is 2.10. The summed E-state index contributed by atoms with van der Waals surface area (Å²) in [4.78, 5) is 9.27. The quantitative estimate of drug-likeness (QED) is 0.772. The minimum atomic E-state index is -0.126. The Morgan fingerprint density at radius 1 is 1.38 bits per heavy atom. The van der Waals surface area contributed by atoms with Crippen LogP contribution in [-0.4, -0.2) is 21.6 Å². The molecule has 1 aliphatic carbocycles. The Bertz CT molecular complexity index is 641. The SMILES string of the molecule is CCC1(Cn2c(C(C)Cl)nc3ccc(OC)nc32)CCC1. The fourth-order valence-corrected chi connectivity index (χ4v) is 3.38. The van der Waals surface area contributed by atoms with E-state index < -0.39 is 0 Å². The van der Waals surface area contributed by atoms with Crippen molar-refractivity contribution in [1.29, 1.82) is 0 Å². The predicted octanol–water partition coefficient (Wildman–Crippen LogP) is 4.32. The molecule has 2 aromatic rings. The minimum absolute atomic E-state index is 0.126. The van der Waals surface area contributed by atoms with Gasteiger partial charge in [-0.15, -0.1) is 11.6 Å². The number of hydrogen-bond donors (Lipinski definition) is 0. The first-order valence-corrected chi connectivity index (χ1v) is 8.07. The first-order chi connectivity index (χ1) is 10.1. The number of hydrogen-bond acceptors (Lipinski definition) is 3. The zero-order chi connectivity index (χ0) is 15.0. The fourth-order valence-electron chi connectivity index (χ4n) is 3.21. The van der Waals surface area contributed by atoms with Crippen molar-refractivity contribution >= 4 is 22.8 Å². The van der Waals surface area contributed by atoms with Crippen LogP contribution in [0.25, 0.3) is 11.2 Å². The van der Waals surface area contributed by atoms with Crippen LogP contribution in [0.15, 0.2) is 12.1 Å². The van der Waals surface area contributed by atoms with Crippen molar-refractivity contribution in [3.05, 3.63) is 18.0 Å². The van der Waals surface area contributed by atoms with Crippen molar-refractivity contribution in [2.24, 2.45) is 5.41 Å². The predicted molar refractivity (Wildman–Crippen MR) is 84.9 cm³/mol. The van der Waals surface area contributed by atoms with Gasteiger partial charge in [0.15, 0.2) is 5.65 Å². The van der Waals surface area contributed by atoms with Crippen LogP contribution in [0.1, 0.15) is 50.7 Å². The smallest absolute Gasteiger partial charge is 0.215 e. The molecule has 0 bridgehead atoms. The van der Waals surface area contributed by atoms with Gasteiger partial charge in [0.25, 0.3) is 0 Å². The molecule has 0 amide bonds. The third-order valence-corrected chi connectivity index (χ3v) is 5.01. The number of methoxy groups -OCH3 is 1. The molecule has 1 aliphatic rings. The molecule has 2 aromatic heterocycles. The van der Waals surface area contributed by atoms with Crippen molar-refractivity contribution in [1.82, 2.24) is 14.5 Å². The summed E-state index contributed by atoms with van der Waals surface area (Å²) in [6.07, 6.45) is 5.07. The van der Waals surface area contributed by atoms with Crippen LogP contribution >= 0.6 is 11.6 Å². The molecule has 21 heavy (non-hydrogen) atoms. The van der Waals surface area contributed by atoms with Gasteiger partial charge in [-0.2, -0.15) is 4.98 Å². The number of alkyl halides is 1. The molecule has 1 fully saturated rings. The molecule has 0 radical (unpaired) electrons. The Morgan fingerprint density at radius 3 is 2.67 bits per heavy atom. The summed E-state index contributed by atoms with van der Waals surface area (Å²) in [5.74, 6) is 1.53. The monoisotopic (exact) mass is 307 g/mol. The molecule has 4 nitrogen and oxygen atoms in total. The first-order valence-electron chi connectivity index (χ1n) is 7.64. The van der Waals surface area contributed by atoms with Gasteiger partial charge in [0.2, 0.25) is 5.88 Å². The zero-order valence-corrected chi connectivity index (χ0v) is 13.7. The van der Waals surface area contributed by atoms with Crippen molar-refractivity contribution in [2.45, 2.75) is 51.5 Å². The lowest BCUT2D eigenvalue weighted by molar-refractivity contribution is 0.100. The van der Waals surface area contributed by atoms with Crippen LogP contribution in [0.4, 0.5) is 0 Å². The van der Waals surface area contributed by atoms with Gasteiger partial charge >= 0.3 is 0 Å². The Labute approximate surface area is 130 Å². The average Bonchev–Trinajstić information content (AvgIpc) is 2.80. The largest absolute Gasteiger partial charge is 0.481 e. The van der Waals surface area contributed by atoms with E-state index in [2.05, 4.69) is 21.5 Å². The van der Waals surface area contributed by atoms with E-state index in [-0.39, 0.29) is 5.38 Å². The van der Waals surface area contributed by atoms with E-state index >= 15 is 0 Å². The molecule has 114 valence electrons. The molecule has 2 heterocycles. The summed E-state index contributed by atoms with van der Waals surface area (Å²) in [5, 5.41) is -0.126. The lowest BCUT2D eigenvalue weighted by atomic mass is 9.67. The normalized spacial score (nSPS) is 18.5. The van der Waals surface area contributed by atoms with Crippen molar-refractivity contribution in [3.8, 4) is 5.88 Å². The number of nitrogens with zero attached hydrogens (tertiary/aromatic N) is 3. The molecule has 5 heteroatoms. The Hall–Kier alpha value is -1.29. The maximum absolute atomic E-state index is 6.34. The number of rotatable bonds is 5. The zero-order valence-electron chi connectivity index (χ0n) is 12.9. The van der Waals surface area contributed by atoms with E-state index in [1.807, 2.05) is 19.1 Å². The lowest BCUT2D eigenvalue weighted by Gasteiger charge is -2.42. The lowest BCUT2D eigenvalue weighted by Crippen LogP contribution is -2.34. The number of aromatic nitrogens is 3. The van der Waals surface area contributed by atoms with Gasteiger partial charge in [-0.05, 0) is 37.7 Å². The molecular formula is C16H22ClN3O. The van der Waals surface area contributed by atoms with Gasteiger partial charge in [0.05, 0.1) is 12.5 Å². The number of fused-ring (bicyclic) bond motifs is 1. The molecule has 1 saturated carbocycles. The Morgan fingerprint density at radius 2 is 2.14 bits per heavy atom. The molecule has 0 aromatic carbocycles. The highest BCUT2D eigenvalue weighted by molar-refractivity contribution is 6.20. The van der Waals surface area contributed by atoms with Crippen LogP contribution in [0, 0.1) is 5.41 Å². The average molecular weight is 308 g/mol. The molecule has 0 N–H and O–H groups in total. The second kappa shape index (κ2) is 5.48. The van der Waals surface area contributed by atoms with E-state index in [0.29, 0.717) is 11.3 Å². The van der Waals surface area contributed by atoms with Gasteiger partial charge in [-0.25, -0.2) is 4.98 Å². The maximum Gasteiger partial charge on any atom is 0.215 e. The van der Waals surface area contributed by atoms with Crippen LogP contribution in [0.2, 0.25) is 0 Å². The third-order valence-electron chi connectivity index (χ3n) is 4.82. The minimum Gasteiger partial charge on any atom is -0.481 e. The van der Waals surface area contributed by atoms with Crippen LogP contribution in [0.5, 0.6) is 5.88 Å². The van der Waals surface area contributed by atoms with Gasteiger partial charge in [-0.1, -0.05) is 13.3 Å². The fraction of sp³-hybridized carbons (Fsp3) is 0.625. The van der Waals surface area contributed by atoms with E-state index in [1.165, 1.54) is 25.7 Å². The van der Waals surface area contributed by atoms with Crippen molar-refractivity contribution in [2.75, 3.05) is 7.11 Å². The second-order valence-electron chi connectivity index (χ2n) is 6.08. The Kier molecular flexibility index (Phi) is 3.82. The van der Waals surface area contributed by atoms with Crippen molar-refractivity contribution < 1.29 is 4.74 Å². The van der Waals surface area contributed by atoms with E-state index in [0.717, 1.165) is 23.5 Å². The highest BCUT2D eigenvalue weighted by Crippen LogP contribution is 2.46. The van der Waals surface area contributed by atoms with Crippen LogP contribution < -0.4 is 4.74 Å². The molecule has 0 saturated heterocycles. The molecule has 0 aliphatic heterocycles. The summed E-state index contributed by atoms with van der Waals surface area (Å²) >= 11 is 6.34. The van der Waals surface area contributed by atoms with Crippen molar-refractivity contribution in [3.63, 3.8) is 0 Å². The molecule has 1 unspecified atom stereocenters. The molecule has 0 spiro atoms. The highest BCUT2D eigenvalue weighted by Gasteiger charge is 2.36. The summed E-state index contributed by atoms with van der Waals surface area (Å²) in [6.45, 7) is 5.19. The highest BCUT2D eigenvalue weighted by atomic mass is 35.5. The molecular weight excluding hydrogens is 286 g/mol. The standard InChI is InChI=1S/C16H22ClN3O/c1-4-16(8-5-9-16)10-20-14(11(2)17)18-12-6-7-13(21-3)19-15(12)20/h6-7,11H,4-5,8-10H2,1-3H3. The van der Waals surface area contributed by atoms with E-state index in [1.54, 1.807) is 7.11 Å². The number of ether oxygens (including phenoxy) is 1. The van der Waals surface area contributed by atoms with Gasteiger partial charge in [0, 0.05) is 12.6 Å². The maximum atomic E-state index is 6.34. The van der Waals surface area contributed by atoms with E-state index in [4.69, 9.17) is 16.3 Å². The van der Waals surface area contributed by atoms with Gasteiger partial charge in [0.1, 0.15) is 11.3 Å². The van der Waals surface area contributed by atoms with Crippen LogP contribution in [0.3, 0.4) is 0 Å². The topological polar surface area (TPSA) is 39.9 Å². The summed E-state index contributed by atoms with van der Waals surface area (Å²) in [6, 6.07) is 3.81. The van der Waals surface area contributed by atoms with Crippen LogP contribution in [-0.2, 0) is 6.54 Å². The third kappa shape index (κ3) is 2.50. The number of halogens is 1.